The van der Waals surface area contributed by atoms with Crippen LogP contribution in [0.15, 0.2) is 58.5 Å². The molecule has 0 spiro atoms. The zero-order valence-electron chi connectivity index (χ0n) is 13.9. The van der Waals surface area contributed by atoms with E-state index in [9.17, 15) is 4.79 Å². The number of carbonyl (C=O) groups excluding carboxylic acids is 1. The van der Waals surface area contributed by atoms with Gasteiger partial charge < -0.3 is 9.80 Å². The summed E-state index contributed by atoms with van der Waals surface area (Å²) >= 11 is 7.62. The molecular weight excluding hydrogens is 340 g/mol. The largest absolute Gasteiger partial charge is 0.378 e. The minimum Gasteiger partial charge on any atom is -0.378 e. The van der Waals surface area contributed by atoms with Gasteiger partial charge >= 0.3 is 0 Å². The number of allylic oxidation sites excluding steroid dienone is 1. The number of anilines is 2. The van der Waals surface area contributed by atoms with Gasteiger partial charge in [-0.2, -0.15) is 0 Å². The molecule has 0 aromatic heterocycles. The SMILES string of the molecule is CC(=O)/C=C1\Sc2ccc(N(C)C)cc2N1Cc1ccc(Cl)cc1. The first kappa shape index (κ1) is 16.9. The summed E-state index contributed by atoms with van der Waals surface area (Å²) in [5, 5.41) is 1.69. The summed E-state index contributed by atoms with van der Waals surface area (Å²) in [6.45, 7) is 2.29. The average molecular weight is 359 g/mol. The molecule has 0 unspecified atom stereocenters. The van der Waals surface area contributed by atoms with Crippen LogP contribution in [0.3, 0.4) is 0 Å². The monoisotopic (exact) mass is 358 g/mol. The first-order valence-electron chi connectivity index (χ1n) is 7.67. The fourth-order valence-corrected chi connectivity index (χ4v) is 3.84. The van der Waals surface area contributed by atoms with Crippen molar-refractivity contribution >= 4 is 40.5 Å². The molecule has 1 heterocycles. The number of thioether (sulfide) groups is 1. The standard InChI is InChI=1S/C19H19ClN2OS/c1-13(23)10-19-22(12-14-4-6-15(20)7-5-14)17-11-16(21(2)3)8-9-18(17)24-19/h4-11H,12H2,1-3H3/b19-10-. The predicted octanol–water partition coefficient (Wildman–Crippen LogP) is 4.95. The van der Waals surface area contributed by atoms with Crippen LogP contribution in [0.5, 0.6) is 0 Å². The van der Waals surface area contributed by atoms with Gasteiger partial charge in [0.05, 0.1) is 10.7 Å². The Morgan fingerprint density at radius 3 is 2.54 bits per heavy atom. The Morgan fingerprint density at radius 1 is 1.21 bits per heavy atom. The van der Waals surface area contributed by atoms with Gasteiger partial charge in [0.25, 0.3) is 0 Å². The molecule has 5 heteroatoms. The second kappa shape index (κ2) is 6.91. The summed E-state index contributed by atoms with van der Waals surface area (Å²) in [4.78, 5) is 17.1. The van der Waals surface area contributed by atoms with Crippen LogP contribution in [0.4, 0.5) is 11.4 Å². The van der Waals surface area contributed by atoms with Gasteiger partial charge in [-0.1, -0.05) is 35.5 Å². The van der Waals surface area contributed by atoms with Crippen molar-refractivity contribution in [2.45, 2.75) is 18.4 Å². The van der Waals surface area contributed by atoms with Crippen LogP contribution in [-0.4, -0.2) is 19.9 Å². The maximum absolute atomic E-state index is 11.6. The molecule has 2 aromatic carbocycles. The number of nitrogens with zero attached hydrogens (tertiary/aromatic N) is 2. The Balaban J connectivity index is 2.00. The van der Waals surface area contributed by atoms with E-state index in [1.807, 2.05) is 38.4 Å². The number of ketones is 1. The molecule has 0 fully saturated rings. The molecule has 0 amide bonds. The highest BCUT2D eigenvalue weighted by Gasteiger charge is 2.26. The van der Waals surface area contributed by atoms with Gasteiger partial charge in [-0.15, -0.1) is 0 Å². The molecule has 3 nitrogen and oxygen atoms in total. The van der Waals surface area contributed by atoms with E-state index in [1.54, 1.807) is 24.8 Å². The van der Waals surface area contributed by atoms with Crippen LogP contribution in [0, 0.1) is 0 Å². The van der Waals surface area contributed by atoms with E-state index >= 15 is 0 Å². The summed E-state index contributed by atoms with van der Waals surface area (Å²) in [5.41, 5.74) is 3.42. The van der Waals surface area contributed by atoms with Crippen molar-refractivity contribution in [3.8, 4) is 0 Å². The smallest absolute Gasteiger partial charge is 0.155 e. The molecule has 0 bridgehead atoms. The van der Waals surface area contributed by atoms with E-state index in [0.717, 1.165) is 27.0 Å². The highest BCUT2D eigenvalue weighted by molar-refractivity contribution is 8.03. The second-order valence-electron chi connectivity index (χ2n) is 5.95. The molecule has 0 N–H and O–H groups in total. The van der Waals surface area contributed by atoms with E-state index < -0.39 is 0 Å². The van der Waals surface area contributed by atoms with Crippen molar-refractivity contribution in [3.05, 3.63) is 64.2 Å². The van der Waals surface area contributed by atoms with Crippen LogP contribution in [0.2, 0.25) is 5.02 Å². The average Bonchev–Trinajstić information content (AvgIpc) is 2.85. The van der Waals surface area contributed by atoms with Gasteiger partial charge in [0.15, 0.2) is 5.78 Å². The van der Waals surface area contributed by atoms with Crippen molar-refractivity contribution in [2.24, 2.45) is 0 Å². The Morgan fingerprint density at radius 2 is 1.92 bits per heavy atom. The van der Waals surface area contributed by atoms with Gasteiger partial charge in [-0.05, 0) is 42.8 Å². The fraction of sp³-hybridized carbons (Fsp3) is 0.211. The summed E-state index contributed by atoms with van der Waals surface area (Å²) in [7, 11) is 4.05. The Labute approximate surface area is 151 Å². The third-order valence-corrected chi connectivity index (χ3v) is 5.18. The van der Waals surface area contributed by atoms with Gasteiger partial charge in [0.2, 0.25) is 0 Å². The van der Waals surface area contributed by atoms with Crippen LogP contribution in [0.25, 0.3) is 0 Å². The summed E-state index contributed by atoms with van der Waals surface area (Å²) < 4.78 is 0. The molecule has 0 radical (unpaired) electrons. The number of rotatable bonds is 4. The predicted molar refractivity (Wildman–Crippen MR) is 103 cm³/mol. The lowest BCUT2D eigenvalue weighted by Gasteiger charge is -2.22. The van der Waals surface area contributed by atoms with Gasteiger partial charge in [0, 0.05) is 42.3 Å². The number of benzene rings is 2. The van der Waals surface area contributed by atoms with Crippen LogP contribution >= 0.6 is 23.4 Å². The quantitative estimate of drug-likeness (QED) is 0.721. The van der Waals surface area contributed by atoms with E-state index in [4.69, 9.17) is 11.6 Å². The highest BCUT2D eigenvalue weighted by Crippen LogP contribution is 2.48. The topological polar surface area (TPSA) is 23.6 Å². The van der Waals surface area contributed by atoms with E-state index in [-0.39, 0.29) is 5.78 Å². The third kappa shape index (κ3) is 3.60. The van der Waals surface area contributed by atoms with Crippen molar-refractivity contribution in [2.75, 3.05) is 23.9 Å². The lowest BCUT2D eigenvalue weighted by atomic mass is 10.2. The summed E-state index contributed by atoms with van der Waals surface area (Å²) in [6.07, 6.45) is 1.70. The van der Waals surface area contributed by atoms with E-state index in [1.165, 1.54) is 4.90 Å². The van der Waals surface area contributed by atoms with Gasteiger partial charge in [0.1, 0.15) is 0 Å². The summed E-state index contributed by atoms with van der Waals surface area (Å²) in [5.74, 6) is 0.0549. The second-order valence-corrected chi connectivity index (χ2v) is 7.45. The molecule has 1 aliphatic heterocycles. The molecular formula is C19H19ClN2OS. The number of hydrogen-bond acceptors (Lipinski definition) is 4. The number of fused-ring (bicyclic) bond motifs is 1. The van der Waals surface area contributed by atoms with Crippen LogP contribution in [-0.2, 0) is 11.3 Å². The molecule has 0 aliphatic carbocycles. The molecule has 0 saturated heterocycles. The van der Waals surface area contributed by atoms with Crippen molar-refractivity contribution in [1.29, 1.82) is 0 Å². The fourth-order valence-electron chi connectivity index (χ4n) is 2.58. The minimum atomic E-state index is 0.0549. The normalized spacial score (nSPS) is 14.8. The first-order chi connectivity index (χ1) is 11.4. The molecule has 1 aliphatic rings. The maximum atomic E-state index is 11.6. The van der Waals surface area contributed by atoms with Crippen LogP contribution < -0.4 is 9.80 Å². The Bertz CT molecular complexity index is 800. The molecule has 124 valence electrons. The Hall–Kier alpha value is -1.91. The van der Waals surface area contributed by atoms with Gasteiger partial charge in [-0.25, -0.2) is 0 Å². The number of halogens is 1. The number of hydrogen-bond donors (Lipinski definition) is 0. The molecule has 0 saturated carbocycles. The third-order valence-electron chi connectivity index (χ3n) is 3.81. The maximum Gasteiger partial charge on any atom is 0.155 e. The van der Waals surface area contributed by atoms with Gasteiger partial charge in [-0.3, -0.25) is 4.79 Å². The lowest BCUT2D eigenvalue weighted by Crippen LogP contribution is -2.18. The molecule has 24 heavy (non-hydrogen) atoms. The molecule has 0 atom stereocenters. The van der Waals surface area contributed by atoms with E-state index in [0.29, 0.717) is 6.54 Å². The molecule has 2 aromatic rings. The van der Waals surface area contributed by atoms with E-state index in [2.05, 4.69) is 28.0 Å². The highest BCUT2D eigenvalue weighted by atomic mass is 35.5. The Kier molecular flexibility index (Phi) is 4.88. The van der Waals surface area contributed by atoms with Crippen molar-refractivity contribution < 1.29 is 4.79 Å². The first-order valence-corrected chi connectivity index (χ1v) is 8.87. The van der Waals surface area contributed by atoms with Crippen molar-refractivity contribution in [3.63, 3.8) is 0 Å². The summed E-state index contributed by atoms with van der Waals surface area (Å²) in [6, 6.07) is 14.2. The zero-order chi connectivity index (χ0) is 17.3. The number of carbonyl (C=O) groups is 1. The minimum absolute atomic E-state index is 0.0549. The van der Waals surface area contributed by atoms with Crippen LogP contribution in [0.1, 0.15) is 12.5 Å². The zero-order valence-corrected chi connectivity index (χ0v) is 15.5. The lowest BCUT2D eigenvalue weighted by molar-refractivity contribution is -0.112. The molecule has 3 rings (SSSR count). The van der Waals surface area contributed by atoms with Crippen molar-refractivity contribution in [1.82, 2.24) is 0 Å².